The first-order valence-corrected chi connectivity index (χ1v) is 3.63. The van der Waals surface area contributed by atoms with Gasteiger partial charge in [0.05, 0.1) is 5.02 Å². The number of nitrogens with zero attached hydrogens (tertiary/aromatic N) is 2. The van der Waals surface area contributed by atoms with Gasteiger partial charge in [0, 0.05) is 6.07 Å². The molecule has 1 aromatic rings. The van der Waals surface area contributed by atoms with Crippen molar-refractivity contribution >= 4 is 17.4 Å². The van der Waals surface area contributed by atoms with E-state index in [9.17, 15) is 18.9 Å². The molecular weight excluding hydrogens is 222 g/mol. The lowest BCUT2D eigenvalue weighted by molar-refractivity contribution is -0.390. The maximum Gasteiger partial charge on any atom is 0.408 e. The average molecular weight is 225 g/mol. The number of hydrogen-bond donors (Lipinski definition) is 1. The number of halogens is 3. The average Bonchev–Trinajstić information content (AvgIpc) is 2.08. The molecule has 0 radical (unpaired) electrons. The van der Waals surface area contributed by atoms with Gasteiger partial charge < -0.3 is 15.2 Å². The van der Waals surface area contributed by atoms with Crippen molar-refractivity contribution in [2.45, 2.75) is 6.43 Å². The zero-order chi connectivity index (χ0) is 10.9. The van der Waals surface area contributed by atoms with Crippen LogP contribution in [0.5, 0.6) is 5.75 Å². The minimum absolute atomic E-state index is 0.526. The Labute approximate surface area is 81.1 Å². The van der Waals surface area contributed by atoms with E-state index in [4.69, 9.17) is 16.7 Å². The minimum atomic E-state index is -2.98. The topological polar surface area (TPSA) is 76.3 Å². The lowest BCUT2D eigenvalue weighted by atomic mass is 10.3. The molecule has 1 N–H and O–H groups in total. The summed E-state index contributed by atoms with van der Waals surface area (Å²) >= 11 is 5.28. The van der Waals surface area contributed by atoms with Crippen LogP contribution < -0.4 is 0 Å². The van der Waals surface area contributed by atoms with E-state index >= 15 is 0 Å². The second-order valence-corrected chi connectivity index (χ2v) is 2.67. The second-order valence-electron chi connectivity index (χ2n) is 2.26. The van der Waals surface area contributed by atoms with E-state index in [1.165, 1.54) is 0 Å². The normalized spacial score (nSPS) is 10.6. The highest BCUT2D eigenvalue weighted by atomic mass is 35.5. The molecule has 0 aliphatic carbocycles. The van der Waals surface area contributed by atoms with Gasteiger partial charge in [0.15, 0.2) is 0 Å². The van der Waals surface area contributed by atoms with E-state index in [1.807, 2.05) is 0 Å². The molecule has 0 bridgehead atoms. The van der Waals surface area contributed by atoms with Crippen LogP contribution in [0.2, 0.25) is 5.02 Å². The molecule has 76 valence electrons. The fraction of sp³-hybridized carbons (Fsp3) is 0.167. The van der Waals surface area contributed by atoms with Crippen molar-refractivity contribution in [1.82, 2.24) is 4.98 Å². The lowest BCUT2D eigenvalue weighted by Gasteiger charge is -1.99. The lowest BCUT2D eigenvalue weighted by Crippen LogP contribution is -1.98. The van der Waals surface area contributed by atoms with Crippen molar-refractivity contribution in [1.29, 1.82) is 0 Å². The predicted molar refractivity (Wildman–Crippen MR) is 42.5 cm³/mol. The smallest absolute Gasteiger partial charge is 0.408 e. The number of aromatic nitrogens is 1. The molecule has 0 unspecified atom stereocenters. The fourth-order valence-electron chi connectivity index (χ4n) is 0.752. The Kier molecular flexibility index (Phi) is 2.80. The van der Waals surface area contributed by atoms with Crippen LogP contribution in [0.25, 0.3) is 0 Å². The summed E-state index contributed by atoms with van der Waals surface area (Å²) in [5.74, 6) is -1.99. The number of hydrogen-bond acceptors (Lipinski definition) is 4. The Morgan fingerprint density at radius 3 is 2.64 bits per heavy atom. The molecule has 1 heterocycles. The summed E-state index contributed by atoms with van der Waals surface area (Å²) in [7, 11) is 0. The highest BCUT2D eigenvalue weighted by Gasteiger charge is 2.25. The Balaban J connectivity index is 3.35. The maximum absolute atomic E-state index is 12.1. The summed E-state index contributed by atoms with van der Waals surface area (Å²) in [4.78, 5) is 12.1. The predicted octanol–water partition coefficient (Wildman–Crippen LogP) is 2.29. The van der Waals surface area contributed by atoms with Crippen LogP contribution in [0.1, 0.15) is 12.1 Å². The molecule has 5 nitrogen and oxygen atoms in total. The van der Waals surface area contributed by atoms with E-state index in [1.54, 1.807) is 0 Å². The summed E-state index contributed by atoms with van der Waals surface area (Å²) in [6.45, 7) is 0. The van der Waals surface area contributed by atoms with Crippen LogP contribution >= 0.6 is 11.6 Å². The van der Waals surface area contributed by atoms with E-state index < -0.39 is 33.6 Å². The van der Waals surface area contributed by atoms with Crippen LogP contribution in [0, 0.1) is 10.1 Å². The van der Waals surface area contributed by atoms with E-state index in [0.29, 0.717) is 6.07 Å². The van der Waals surface area contributed by atoms with Crippen molar-refractivity contribution in [3.63, 3.8) is 0 Å². The van der Waals surface area contributed by atoms with Gasteiger partial charge in [-0.15, -0.1) is 0 Å². The molecule has 8 heteroatoms. The van der Waals surface area contributed by atoms with Crippen molar-refractivity contribution in [3.05, 3.63) is 26.9 Å². The molecule has 14 heavy (non-hydrogen) atoms. The number of rotatable bonds is 2. The molecule has 1 rings (SSSR count). The summed E-state index contributed by atoms with van der Waals surface area (Å²) in [6, 6.07) is 0.675. The van der Waals surface area contributed by atoms with Gasteiger partial charge in [0.25, 0.3) is 0 Å². The summed E-state index contributed by atoms with van der Waals surface area (Å²) in [5, 5.41) is 18.7. The van der Waals surface area contributed by atoms with Gasteiger partial charge in [0.2, 0.25) is 11.4 Å². The molecular formula is C6H3ClF2N2O3. The Morgan fingerprint density at radius 2 is 2.21 bits per heavy atom. The fourth-order valence-corrected chi connectivity index (χ4v) is 0.948. The number of pyridine rings is 1. The molecule has 0 amide bonds. The minimum Gasteiger partial charge on any atom is -0.500 e. The number of alkyl halides is 2. The van der Waals surface area contributed by atoms with Crippen molar-refractivity contribution in [3.8, 4) is 5.75 Å². The molecule has 0 saturated heterocycles. The Bertz CT molecular complexity index is 386. The largest absolute Gasteiger partial charge is 0.500 e. The van der Waals surface area contributed by atoms with Crippen LogP contribution in [-0.4, -0.2) is 15.0 Å². The van der Waals surface area contributed by atoms with Gasteiger partial charge in [-0.05, 0) is 9.91 Å². The van der Waals surface area contributed by atoms with Gasteiger partial charge in [-0.2, -0.15) is 0 Å². The zero-order valence-electron chi connectivity index (χ0n) is 6.45. The van der Waals surface area contributed by atoms with E-state index in [-0.39, 0.29) is 0 Å². The SMILES string of the molecule is O=[N+]([O-])c1nc(C(F)F)cc(Cl)c1O. The molecule has 1 aromatic heterocycles. The van der Waals surface area contributed by atoms with Crippen LogP contribution in [-0.2, 0) is 0 Å². The number of nitro groups is 1. The maximum atomic E-state index is 12.1. The zero-order valence-corrected chi connectivity index (χ0v) is 7.20. The highest BCUT2D eigenvalue weighted by Crippen LogP contribution is 2.34. The first kappa shape index (κ1) is 10.6. The standard InChI is InChI=1S/C6H3ClF2N2O3/c7-2-1-3(5(8)9)10-6(4(2)12)11(13)14/h1,5,12H. The molecule has 0 fully saturated rings. The van der Waals surface area contributed by atoms with Crippen molar-refractivity contribution in [2.24, 2.45) is 0 Å². The van der Waals surface area contributed by atoms with Crippen LogP contribution in [0.3, 0.4) is 0 Å². The van der Waals surface area contributed by atoms with Gasteiger partial charge >= 0.3 is 12.2 Å². The van der Waals surface area contributed by atoms with Crippen LogP contribution in [0.4, 0.5) is 14.6 Å². The molecule has 0 saturated carbocycles. The van der Waals surface area contributed by atoms with Crippen LogP contribution in [0.15, 0.2) is 6.07 Å². The third-order valence-electron chi connectivity index (χ3n) is 1.34. The van der Waals surface area contributed by atoms with Crippen molar-refractivity contribution in [2.75, 3.05) is 0 Å². The molecule has 0 atom stereocenters. The first-order valence-electron chi connectivity index (χ1n) is 3.25. The highest BCUT2D eigenvalue weighted by molar-refractivity contribution is 6.32. The quantitative estimate of drug-likeness (QED) is 0.618. The second kappa shape index (κ2) is 3.70. The first-order chi connectivity index (χ1) is 6.43. The molecule has 0 aliphatic heterocycles. The number of aromatic hydroxyl groups is 1. The van der Waals surface area contributed by atoms with Gasteiger partial charge in [-0.3, -0.25) is 0 Å². The van der Waals surface area contributed by atoms with Gasteiger partial charge in [0.1, 0.15) is 0 Å². The summed E-state index contributed by atoms with van der Waals surface area (Å²) < 4.78 is 24.2. The molecule has 0 aliphatic rings. The summed E-state index contributed by atoms with van der Waals surface area (Å²) in [5.41, 5.74) is -0.848. The Hall–Kier alpha value is -1.50. The van der Waals surface area contributed by atoms with Gasteiger partial charge in [-0.1, -0.05) is 11.6 Å². The van der Waals surface area contributed by atoms with E-state index in [2.05, 4.69) is 4.98 Å². The summed E-state index contributed by atoms with van der Waals surface area (Å²) in [6.07, 6.45) is -2.98. The van der Waals surface area contributed by atoms with Gasteiger partial charge in [-0.25, -0.2) is 8.78 Å². The monoisotopic (exact) mass is 224 g/mol. The van der Waals surface area contributed by atoms with E-state index in [0.717, 1.165) is 0 Å². The Morgan fingerprint density at radius 1 is 1.64 bits per heavy atom. The van der Waals surface area contributed by atoms with Crippen molar-refractivity contribution < 1.29 is 18.8 Å². The molecule has 0 aromatic carbocycles. The third kappa shape index (κ3) is 1.87. The third-order valence-corrected chi connectivity index (χ3v) is 1.63. The molecule has 0 spiro atoms.